The van der Waals surface area contributed by atoms with E-state index in [1.807, 2.05) is 30.3 Å². The number of rotatable bonds is 11. The van der Waals surface area contributed by atoms with E-state index in [0.29, 0.717) is 25.4 Å². The molecule has 1 atom stereocenters. The number of unbranched alkanes of at least 4 members (excludes halogenated alkanes) is 1. The maximum atomic E-state index is 12.9. The molecular formula is C23H28N4O5S. The van der Waals surface area contributed by atoms with Crippen LogP contribution in [0.5, 0.6) is 0 Å². The van der Waals surface area contributed by atoms with Crippen molar-refractivity contribution in [3.8, 4) is 0 Å². The second-order valence-electron chi connectivity index (χ2n) is 7.62. The van der Waals surface area contributed by atoms with Gasteiger partial charge in [-0.25, -0.2) is 4.79 Å². The minimum Gasteiger partial charge on any atom is -0.445 e. The monoisotopic (exact) mass is 472 g/mol. The predicted octanol–water partition coefficient (Wildman–Crippen LogP) is 4.00. The number of hydrogen-bond acceptors (Lipinski definition) is 7. The van der Waals surface area contributed by atoms with Crippen molar-refractivity contribution in [3.05, 3.63) is 70.3 Å². The number of nitro groups is 1. The zero-order valence-electron chi connectivity index (χ0n) is 18.3. The van der Waals surface area contributed by atoms with Gasteiger partial charge in [-0.05, 0) is 37.0 Å². The van der Waals surface area contributed by atoms with Crippen molar-refractivity contribution in [2.45, 2.75) is 31.9 Å². The molecule has 1 heterocycles. The van der Waals surface area contributed by atoms with Crippen molar-refractivity contribution in [1.82, 2.24) is 10.2 Å². The molecule has 0 radical (unpaired) electrons. The number of hydrogen-bond donors (Lipinski definition) is 2. The molecule has 0 bridgehead atoms. The van der Waals surface area contributed by atoms with Crippen LogP contribution in [-0.2, 0) is 16.1 Å². The van der Waals surface area contributed by atoms with E-state index in [4.69, 9.17) is 4.74 Å². The van der Waals surface area contributed by atoms with Crippen LogP contribution in [0.1, 0.15) is 24.8 Å². The van der Waals surface area contributed by atoms with Gasteiger partial charge in [-0.1, -0.05) is 30.3 Å². The number of anilines is 1. The van der Waals surface area contributed by atoms with E-state index in [1.165, 1.54) is 12.1 Å². The van der Waals surface area contributed by atoms with Crippen molar-refractivity contribution in [1.29, 1.82) is 0 Å². The molecule has 10 heteroatoms. The smallest absolute Gasteiger partial charge is 0.408 e. The minimum atomic E-state index is -0.633. The van der Waals surface area contributed by atoms with Gasteiger partial charge in [0.2, 0.25) is 5.91 Å². The fourth-order valence-electron chi connectivity index (χ4n) is 3.38. The van der Waals surface area contributed by atoms with Crippen LogP contribution in [0.3, 0.4) is 0 Å². The minimum absolute atomic E-state index is 0.0483. The molecule has 33 heavy (non-hydrogen) atoms. The Morgan fingerprint density at radius 2 is 1.88 bits per heavy atom. The summed E-state index contributed by atoms with van der Waals surface area (Å²) in [5, 5.41) is 16.7. The Morgan fingerprint density at radius 1 is 1.12 bits per heavy atom. The highest BCUT2D eigenvalue weighted by atomic mass is 32.2. The van der Waals surface area contributed by atoms with Crippen molar-refractivity contribution in [3.63, 3.8) is 0 Å². The summed E-state index contributed by atoms with van der Waals surface area (Å²) in [6, 6.07) is 15.0. The van der Waals surface area contributed by atoms with Crippen molar-refractivity contribution in [2.75, 3.05) is 30.0 Å². The zero-order valence-corrected chi connectivity index (χ0v) is 19.1. The number of non-ortho nitro benzene ring substituents is 1. The number of amides is 2. The van der Waals surface area contributed by atoms with Gasteiger partial charge < -0.3 is 20.3 Å². The van der Waals surface area contributed by atoms with Gasteiger partial charge in [0.05, 0.1) is 10.8 Å². The number of carbonyl (C=O) groups is 2. The summed E-state index contributed by atoms with van der Waals surface area (Å²) in [6.07, 6.45) is 1.39. The van der Waals surface area contributed by atoms with Gasteiger partial charge in [0.25, 0.3) is 5.69 Å². The molecule has 1 unspecified atom stereocenters. The van der Waals surface area contributed by atoms with Gasteiger partial charge in [-0.2, -0.15) is 0 Å². The molecule has 0 aromatic heterocycles. The summed E-state index contributed by atoms with van der Waals surface area (Å²) < 4.78 is 5.30. The molecule has 0 spiro atoms. The Kier molecular flexibility index (Phi) is 9.37. The Bertz CT molecular complexity index is 920. The van der Waals surface area contributed by atoms with Gasteiger partial charge >= 0.3 is 6.09 Å². The lowest BCUT2D eigenvalue weighted by molar-refractivity contribution is -0.384. The molecule has 1 aliphatic heterocycles. The maximum absolute atomic E-state index is 12.9. The molecule has 2 aromatic rings. The number of nitro benzene ring substituents is 1. The zero-order chi connectivity index (χ0) is 23.5. The Hall–Kier alpha value is -3.27. The summed E-state index contributed by atoms with van der Waals surface area (Å²) in [4.78, 5) is 37.3. The van der Waals surface area contributed by atoms with Gasteiger partial charge in [-0.3, -0.25) is 14.9 Å². The second-order valence-corrected chi connectivity index (χ2v) is 8.70. The number of nitrogens with zero attached hydrogens (tertiary/aromatic N) is 2. The summed E-state index contributed by atoms with van der Waals surface area (Å²) in [6.45, 7) is 1.48. The van der Waals surface area contributed by atoms with Crippen LogP contribution < -0.4 is 10.6 Å². The molecule has 2 N–H and O–H groups in total. The second kappa shape index (κ2) is 12.7. The number of ether oxygens (including phenoxy) is 1. The van der Waals surface area contributed by atoms with Gasteiger partial charge in [0.1, 0.15) is 12.6 Å². The highest BCUT2D eigenvalue weighted by Crippen LogP contribution is 2.17. The first kappa shape index (κ1) is 24.4. The van der Waals surface area contributed by atoms with Gasteiger partial charge in [0.15, 0.2) is 0 Å². The normalized spacial score (nSPS) is 13.9. The van der Waals surface area contributed by atoms with Crippen LogP contribution in [0.2, 0.25) is 0 Å². The largest absolute Gasteiger partial charge is 0.445 e. The Balaban J connectivity index is 1.45. The summed E-state index contributed by atoms with van der Waals surface area (Å²) in [5.74, 6) is 1.45. The quantitative estimate of drug-likeness (QED) is 0.289. The van der Waals surface area contributed by atoms with Crippen LogP contribution in [0, 0.1) is 10.1 Å². The molecule has 9 nitrogen and oxygen atoms in total. The molecule has 0 aliphatic carbocycles. The molecule has 2 amide bonds. The summed E-state index contributed by atoms with van der Waals surface area (Å²) in [5.41, 5.74) is 1.72. The van der Waals surface area contributed by atoms with Crippen LogP contribution in [0.25, 0.3) is 0 Å². The fraction of sp³-hybridized carbons (Fsp3) is 0.391. The molecule has 1 aliphatic rings. The van der Waals surface area contributed by atoms with Crippen LogP contribution in [0.4, 0.5) is 16.2 Å². The number of thioether (sulfide) groups is 1. The van der Waals surface area contributed by atoms with E-state index in [1.54, 1.807) is 28.8 Å². The third kappa shape index (κ3) is 7.98. The number of carbonyl (C=O) groups excluding carboxylic acids is 2. The molecule has 0 saturated carbocycles. The third-order valence-corrected chi connectivity index (χ3v) is 6.16. The SMILES string of the molecule is O=C(NC(CCCCNc1ccc([N+](=O)[O-])cc1)C(=O)N1CCSC1)OCc1ccccc1. The molecule has 176 valence electrons. The number of alkyl carbamates (subject to hydrolysis) is 1. The lowest BCUT2D eigenvalue weighted by atomic mass is 10.1. The fourth-order valence-corrected chi connectivity index (χ4v) is 4.34. The molecule has 3 rings (SSSR count). The average Bonchev–Trinajstić information content (AvgIpc) is 3.37. The highest BCUT2D eigenvalue weighted by molar-refractivity contribution is 7.99. The van der Waals surface area contributed by atoms with Crippen LogP contribution in [0.15, 0.2) is 54.6 Å². The Labute approximate surface area is 197 Å². The first-order valence-electron chi connectivity index (χ1n) is 10.8. The van der Waals surface area contributed by atoms with E-state index in [2.05, 4.69) is 10.6 Å². The van der Waals surface area contributed by atoms with Crippen molar-refractivity contribution >= 4 is 35.1 Å². The first-order chi connectivity index (χ1) is 16.0. The van der Waals surface area contributed by atoms with E-state index in [0.717, 1.165) is 29.8 Å². The maximum Gasteiger partial charge on any atom is 0.408 e. The standard InChI is InChI=1S/C23H28N4O5S/c28-22(26-14-15-33-17-26)21(25-23(29)32-16-18-6-2-1-3-7-18)8-4-5-13-24-19-9-11-20(12-10-19)27(30)31/h1-3,6-7,9-12,21,24H,4-5,8,13-17H2,(H,25,29). The third-order valence-electron chi connectivity index (χ3n) is 5.19. The van der Waals surface area contributed by atoms with Gasteiger partial charge in [-0.15, -0.1) is 11.8 Å². The Morgan fingerprint density at radius 3 is 2.55 bits per heavy atom. The lowest BCUT2D eigenvalue weighted by Crippen LogP contribution is -2.47. The van der Waals surface area contributed by atoms with Gasteiger partial charge in [0, 0.05) is 36.7 Å². The molecular weight excluding hydrogens is 444 g/mol. The van der Waals surface area contributed by atoms with Crippen molar-refractivity contribution in [2.24, 2.45) is 0 Å². The van der Waals surface area contributed by atoms with Crippen LogP contribution in [-0.4, -0.2) is 52.6 Å². The van der Waals surface area contributed by atoms with Crippen molar-refractivity contribution < 1.29 is 19.2 Å². The van der Waals surface area contributed by atoms with Crippen LogP contribution >= 0.6 is 11.8 Å². The topological polar surface area (TPSA) is 114 Å². The highest BCUT2D eigenvalue weighted by Gasteiger charge is 2.28. The number of nitrogens with one attached hydrogen (secondary N) is 2. The van der Waals surface area contributed by atoms with E-state index < -0.39 is 17.1 Å². The van der Waals surface area contributed by atoms with E-state index >= 15 is 0 Å². The first-order valence-corrected chi connectivity index (χ1v) is 12.0. The molecule has 1 fully saturated rings. The predicted molar refractivity (Wildman–Crippen MR) is 128 cm³/mol. The van der Waals surface area contributed by atoms with E-state index in [9.17, 15) is 19.7 Å². The average molecular weight is 473 g/mol. The molecule has 1 saturated heterocycles. The summed E-state index contributed by atoms with van der Waals surface area (Å²) >= 11 is 1.70. The number of benzene rings is 2. The lowest BCUT2D eigenvalue weighted by Gasteiger charge is -2.23. The summed E-state index contributed by atoms with van der Waals surface area (Å²) in [7, 11) is 0. The molecule has 2 aromatic carbocycles. The van der Waals surface area contributed by atoms with E-state index in [-0.39, 0.29) is 18.2 Å².